The summed E-state index contributed by atoms with van der Waals surface area (Å²) in [6.45, 7) is 7.89. The first-order valence-corrected chi connectivity index (χ1v) is 8.39. The van der Waals surface area contributed by atoms with Crippen molar-refractivity contribution in [1.29, 1.82) is 0 Å². The van der Waals surface area contributed by atoms with Crippen LogP contribution in [0.25, 0.3) is 0 Å². The SMILES string of the molecule is CCN(CC)c1ccc(C(=O)N/N=C(\C)c2ccccc2Cl)cc1. The molecule has 0 aliphatic rings. The van der Waals surface area contributed by atoms with Gasteiger partial charge >= 0.3 is 0 Å². The molecule has 0 aliphatic heterocycles. The summed E-state index contributed by atoms with van der Waals surface area (Å²) in [5, 5.41) is 4.75. The van der Waals surface area contributed by atoms with Crippen LogP contribution >= 0.6 is 11.6 Å². The van der Waals surface area contributed by atoms with E-state index in [1.54, 1.807) is 6.07 Å². The zero-order chi connectivity index (χ0) is 17.5. The van der Waals surface area contributed by atoms with Crippen LogP contribution in [0.5, 0.6) is 0 Å². The lowest BCUT2D eigenvalue weighted by Crippen LogP contribution is -2.22. The summed E-state index contributed by atoms with van der Waals surface area (Å²) >= 11 is 6.13. The number of halogens is 1. The Morgan fingerprint density at radius 3 is 2.29 bits per heavy atom. The van der Waals surface area contributed by atoms with Crippen molar-refractivity contribution in [3.8, 4) is 0 Å². The van der Waals surface area contributed by atoms with Gasteiger partial charge in [-0.3, -0.25) is 4.79 Å². The molecule has 0 heterocycles. The van der Waals surface area contributed by atoms with Crippen LogP contribution in [0.15, 0.2) is 53.6 Å². The molecule has 1 amide bonds. The van der Waals surface area contributed by atoms with E-state index in [4.69, 9.17) is 11.6 Å². The van der Waals surface area contributed by atoms with Crippen molar-refractivity contribution in [1.82, 2.24) is 5.43 Å². The van der Waals surface area contributed by atoms with Gasteiger partial charge < -0.3 is 4.90 Å². The Morgan fingerprint density at radius 1 is 1.08 bits per heavy atom. The van der Waals surface area contributed by atoms with E-state index < -0.39 is 0 Å². The maximum atomic E-state index is 12.2. The van der Waals surface area contributed by atoms with Gasteiger partial charge in [0.15, 0.2) is 0 Å². The third-order valence-electron chi connectivity index (χ3n) is 3.85. The number of nitrogens with zero attached hydrogens (tertiary/aromatic N) is 2. The van der Waals surface area contributed by atoms with E-state index in [1.807, 2.05) is 49.4 Å². The Bertz CT molecular complexity index is 722. The minimum Gasteiger partial charge on any atom is -0.372 e. The highest BCUT2D eigenvalue weighted by Gasteiger charge is 2.08. The zero-order valence-corrected chi connectivity index (χ0v) is 15.0. The first-order valence-electron chi connectivity index (χ1n) is 8.01. The first-order chi connectivity index (χ1) is 11.6. The molecule has 0 spiro atoms. The van der Waals surface area contributed by atoms with Crippen LogP contribution in [-0.2, 0) is 0 Å². The van der Waals surface area contributed by atoms with Crippen molar-refractivity contribution in [2.45, 2.75) is 20.8 Å². The van der Waals surface area contributed by atoms with Gasteiger partial charge in [-0.15, -0.1) is 0 Å². The highest BCUT2D eigenvalue weighted by Crippen LogP contribution is 2.16. The third-order valence-corrected chi connectivity index (χ3v) is 4.18. The van der Waals surface area contributed by atoms with E-state index in [-0.39, 0.29) is 5.91 Å². The Hall–Kier alpha value is -2.33. The highest BCUT2D eigenvalue weighted by molar-refractivity contribution is 6.34. The van der Waals surface area contributed by atoms with E-state index in [0.29, 0.717) is 16.3 Å². The highest BCUT2D eigenvalue weighted by atomic mass is 35.5. The number of hydrogen-bond acceptors (Lipinski definition) is 3. The lowest BCUT2D eigenvalue weighted by atomic mass is 10.1. The Kier molecular flexibility index (Phi) is 6.38. The second-order valence-electron chi connectivity index (χ2n) is 5.34. The van der Waals surface area contributed by atoms with Crippen molar-refractivity contribution >= 4 is 28.9 Å². The standard InChI is InChI=1S/C19H22ClN3O/c1-4-23(5-2)16-12-10-15(11-13-16)19(24)22-21-14(3)17-8-6-7-9-18(17)20/h6-13H,4-5H2,1-3H3,(H,22,24)/b21-14+. The van der Waals surface area contributed by atoms with Gasteiger partial charge in [-0.25, -0.2) is 5.43 Å². The molecule has 4 nitrogen and oxygen atoms in total. The molecule has 0 fully saturated rings. The minimum absolute atomic E-state index is 0.243. The van der Waals surface area contributed by atoms with Gasteiger partial charge in [-0.1, -0.05) is 29.8 Å². The number of amides is 1. The van der Waals surface area contributed by atoms with E-state index in [1.165, 1.54) is 0 Å². The van der Waals surface area contributed by atoms with Gasteiger partial charge in [0.1, 0.15) is 0 Å². The van der Waals surface area contributed by atoms with Gasteiger partial charge in [0.25, 0.3) is 5.91 Å². The summed E-state index contributed by atoms with van der Waals surface area (Å²) in [7, 11) is 0. The third kappa shape index (κ3) is 4.36. The predicted molar refractivity (Wildman–Crippen MR) is 101 cm³/mol. The summed E-state index contributed by atoms with van der Waals surface area (Å²) in [5.41, 5.74) is 5.72. The second kappa shape index (κ2) is 8.50. The number of anilines is 1. The Morgan fingerprint density at radius 2 is 1.71 bits per heavy atom. The fraction of sp³-hybridized carbons (Fsp3) is 0.263. The zero-order valence-electron chi connectivity index (χ0n) is 14.2. The Labute approximate surface area is 148 Å². The minimum atomic E-state index is -0.243. The molecule has 24 heavy (non-hydrogen) atoms. The number of nitrogens with one attached hydrogen (secondary N) is 1. The normalized spacial score (nSPS) is 11.2. The number of hydrogen-bond donors (Lipinski definition) is 1. The molecule has 0 aliphatic carbocycles. The molecule has 0 unspecified atom stereocenters. The van der Waals surface area contributed by atoms with Crippen molar-refractivity contribution in [3.05, 3.63) is 64.7 Å². The fourth-order valence-electron chi connectivity index (χ4n) is 2.43. The number of carbonyl (C=O) groups is 1. The topological polar surface area (TPSA) is 44.7 Å². The van der Waals surface area contributed by atoms with Gasteiger partial charge in [-0.05, 0) is 51.1 Å². The molecule has 5 heteroatoms. The molecule has 2 aromatic carbocycles. The Balaban J connectivity index is 2.07. The van der Waals surface area contributed by atoms with Crippen LogP contribution in [0.2, 0.25) is 5.02 Å². The van der Waals surface area contributed by atoms with Crippen molar-refractivity contribution < 1.29 is 4.79 Å². The second-order valence-corrected chi connectivity index (χ2v) is 5.74. The summed E-state index contributed by atoms with van der Waals surface area (Å²) in [6.07, 6.45) is 0. The predicted octanol–water partition coefficient (Wildman–Crippen LogP) is 4.34. The van der Waals surface area contributed by atoms with Gasteiger partial charge in [0, 0.05) is 34.9 Å². The molecule has 0 atom stereocenters. The summed E-state index contributed by atoms with van der Waals surface area (Å²) in [6, 6.07) is 14.9. The molecule has 0 radical (unpaired) electrons. The lowest BCUT2D eigenvalue weighted by Gasteiger charge is -2.20. The molecule has 0 bridgehead atoms. The van der Waals surface area contributed by atoms with Crippen LogP contribution in [0.4, 0.5) is 5.69 Å². The maximum Gasteiger partial charge on any atom is 0.271 e. The molecule has 1 N–H and O–H groups in total. The summed E-state index contributed by atoms with van der Waals surface area (Å²) in [5.74, 6) is -0.243. The number of benzene rings is 2. The van der Waals surface area contributed by atoms with Gasteiger partial charge in [0.2, 0.25) is 0 Å². The van der Waals surface area contributed by atoms with E-state index in [0.717, 1.165) is 24.3 Å². The molecule has 0 saturated carbocycles. The molecule has 2 rings (SSSR count). The monoisotopic (exact) mass is 343 g/mol. The summed E-state index contributed by atoms with van der Waals surface area (Å²) in [4.78, 5) is 14.4. The van der Waals surface area contributed by atoms with Crippen LogP contribution in [-0.4, -0.2) is 24.7 Å². The van der Waals surface area contributed by atoms with Crippen molar-refractivity contribution in [2.75, 3.05) is 18.0 Å². The average molecular weight is 344 g/mol. The number of rotatable bonds is 6. The van der Waals surface area contributed by atoms with Crippen LogP contribution in [0.1, 0.15) is 36.7 Å². The molecule has 0 aromatic heterocycles. The first kappa shape index (κ1) is 18.0. The fourth-order valence-corrected chi connectivity index (χ4v) is 2.70. The smallest absolute Gasteiger partial charge is 0.271 e. The lowest BCUT2D eigenvalue weighted by molar-refractivity contribution is 0.0955. The van der Waals surface area contributed by atoms with Gasteiger partial charge in [0.05, 0.1) is 5.71 Å². The van der Waals surface area contributed by atoms with E-state index in [2.05, 4.69) is 29.3 Å². The van der Waals surface area contributed by atoms with Crippen molar-refractivity contribution in [3.63, 3.8) is 0 Å². The molecular weight excluding hydrogens is 322 g/mol. The molecular formula is C19H22ClN3O. The van der Waals surface area contributed by atoms with Crippen molar-refractivity contribution in [2.24, 2.45) is 5.10 Å². The maximum absolute atomic E-state index is 12.2. The van der Waals surface area contributed by atoms with E-state index in [9.17, 15) is 4.79 Å². The largest absolute Gasteiger partial charge is 0.372 e. The van der Waals surface area contributed by atoms with Crippen LogP contribution in [0.3, 0.4) is 0 Å². The van der Waals surface area contributed by atoms with Crippen LogP contribution in [0, 0.1) is 0 Å². The number of hydrazone groups is 1. The molecule has 0 saturated heterocycles. The quantitative estimate of drug-likeness (QED) is 0.626. The molecule has 126 valence electrons. The van der Waals surface area contributed by atoms with Crippen LogP contribution < -0.4 is 10.3 Å². The van der Waals surface area contributed by atoms with E-state index >= 15 is 0 Å². The number of carbonyl (C=O) groups excluding carboxylic acids is 1. The molecule has 2 aromatic rings. The summed E-state index contributed by atoms with van der Waals surface area (Å²) < 4.78 is 0. The average Bonchev–Trinajstić information content (AvgIpc) is 2.61. The van der Waals surface area contributed by atoms with Gasteiger partial charge in [-0.2, -0.15) is 5.10 Å².